The molecule has 0 atom stereocenters. The molecule has 0 radical (unpaired) electrons. The Morgan fingerprint density at radius 1 is 0.307 bits per heavy atom. The smallest absolute Gasteiger partial charge is 0.254 e. The Kier molecular flexibility index (Phi) is 20.8. The number of rotatable bonds is 24. The molecule has 1 heterocycles. The molecule has 0 amide bonds. The van der Waals surface area contributed by atoms with Crippen molar-refractivity contribution in [2.24, 2.45) is 23.7 Å². The molecular weight excluding hydrogens is 1090 g/mol. The van der Waals surface area contributed by atoms with Gasteiger partial charge < -0.3 is 22.2 Å². The van der Waals surface area contributed by atoms with Crippen molar-refractivity contribution in [2.75, 3.05) is 36.0 Å². The lowest BCUT2D eigenvalue weighted by Gasteiger charge is -2.33. The minimum absolute atomic E-state index is 0. The van der Waals surface area contributed by atoms with E-state index < -0.39 is 0 Å². The van der Waals surface area contributed by atoms with Gasteiger partial charge in [0.25, 0.3) is 6.33 Å². The van der Waals surface area contributed by atoms with Gasteiger partial charge in [-0.05, 0) is 92.4 Å². The van der Waals surface area contributed by atoms with Crippen LogP contribution in [0.25, 0.3) is 11.4 Å². The molecule has 0 spiro atoms. The third-order valence-electron chi connectivity index (χ3n) is 16.8. The van der Waals surface area contributed by atoms with E-state index in [4.69, 9.17) is 0 Å². The lowest BCUT2D eigenvalue weighted by atomic mass is 9.78. The van der Waals surface area contributed by atoms with E-state index in [2.05, 4.69) is 360 Å². The molecule has 0 saturated carbocycles. The van der Waals surface area contributed by atoms with Crippen LogP contribution < -0.4 is 26.8 Å². The summed E-state index contributed by atoms with van der Waals surface area (Å²) in [5.41, 5.74) is 19.8. The predicted octanol–water partition coefficient (Wildman–Crippen LogP) is 16.7. The first-order valence-corrected chi connectivity index (χ1v) is 31.8. The quantitative estimate of drug-likeness (QED) is 0.0443. The van der Waals surface area contributed by atoms with Gasteiger partial charge in [0.15, 0.2) is 0 Å². The van der Waals surface area contributed by atoms with Gasteiger partial charge in [0.1, 0.15) is 23.8 Å². The SMILES string of the molecule is CC(C)CN(CC(C)C)c1cc(C(c2ccccc2)c2ccccc2)c(-n2cc[n+](-c3c(C(c4ccccc4)c4ccccc4)cc(N(CC(C)C)CC(C)C)cc3C(c3ccccc3)c3ccccc3)c2)c(C(c2ccccc2)c2ccccc2)c1.[Cl-]. The number of anilines is 2. The first-order chi connectivity index (χ1) is 42.5. The summed E-state index contributed by atoms with van der Waals surface area (Å²) in [7, 11) is 0. The number of hydrogen-bond donors (Lipinski definition) is 0. The molecule has 4 nitrogen and oxygen atoms in total. The zero-order chi connectivity index (χ0) is 60.2. The van der Waals surface area contributed by atoms with Gasteiger partial charge in [-0.15, -0.1) is 0 Å². The monoisotopic (exact) mass is 1170 g/mol. The molecule has 0 aliphatic carbocycles. The molecule has 0 saturated heterocycles. The fourth-order valence-corrected chi connectivity index (χ4v) is 13.5. The zero-order valence-electron chi connectivity index (χ0n) is 52.7. The molecule has 0 aliphatic heterocycles. The highest BCUT2D eigenvalue weighted by molar-refractivity contribution is 5.69. The van der Waals surface area contributed by atoms with E-state index in [-0.39, 0.29) is 36.1 Å². The highest BCUT2D eigenvalue weighted by Gasteiger charge is 2.36. The van der Waals surface area contributed by atoms with Crippen molar-refractivity contribution in [3.05, 3.63) is 352 Å². The molecule has 0 fully saturated rings. The van der Waals surface area contributed by atoms with Crippen LogP contribution in [-0.2, 0) is 0 Å². The lowest BCUT2D eigenvalue weighted by molar-refractivity contribution is -0.595. The average molecular weight is 1180 g/mol. The predicted molar refractivity (Wildman–Crippen MR) is 366 cm³/mol. The number of nitrogens with zero attached hydrogens (tertiary/aromatic N) is 4. The van der Waals surface area contributed by atoms with E-state index in [9.17, 15) is 0 Å². The Hall–Kier alpha value is -8.70. The van der Waals surface area contributed by atoms with E-state index in [1.54, 1.807) is 0 Å². The fraction of sp³-hybridized carbons (Fsp3) is 0.241. The van der Waals surface area contributed by atoms with Crippen molar-refractivity contribution in [3.63, 3.8) is 0 Å². The second kappa shape index (κ2) is 29.3. The van der Waals surface area contributed by atoms with Gasteiger partial charge in [-0.1, -0.05) is 298 Å². The second-order valence-corrected chi connectivity index (χ2v) is 25.6. The van der Waals surface area contributed by atoms with Crippen LogP contribution in [0.3, 0.4) is 0 Å². The van der Waals surface area contributed by atoms with Crippen molar-refractivity contribution in [3.8, 4) is 11.4 Å². The van der Waals surface area contributed by atoms with Crippen LogP contribution >= 0.6 is 0 Å². The van der Waals surface area contributed by atoms with Crippen molar-refractivity contribution >= 4 is 11.4 Å². The van der Waals surface area contributed by atoms with Gasteiger partial charge in [-0.3, -0.25) is 0 Å². The van der Waals surface area contributed by atoms with Crippen molar-refractivity contribution in [1.29, 1.82) is 0 Å². The van der Waals surface area contributed by atoms with E-state index >= 15 is 0 Å². The zero-order valence-corrected chi connectivity index (χ0v) is 53.5. The van der Waals surface area contributed by atoms with Crippen molar-refractivity contribution in [2.45, 2.75) is 79.1 Å². The van der Waals surface area contributed by atoms with Gasteiger partial charge >= 0.3 is 0 Å². The highest BCUT2D eigenvalue weighted by Crippen LogP contribution is 2.47. The molecule has 0 bridgehead atoms. The van der Waals surface area contributed by atoms with Gasteiger partial charge in [-0.2, -0.15) is 0 Å². The summed E-state index contributed by atoms with van der Waals surface area (Å²) in [6, 6.07) is 100. The van der Waals surface area contributed by atoms with Crippen LogP contribution in [0.5, 0.6) is 0 Å². The van der Waals surface area contributed by atoms with Gasteiger partial charge in [0.05, 0.1) is 0 Å². The number of imidazole rings is 1. The first kappa shape index (κ1) is 62.4. The van der Waals surface area contributed by atoms with Gasteiger partial charge in [0.2, 0.25) is 0 Å². The van der Waals surface area contributed by atoms with E-state index in [0.29, 0.717) is 23.7 Å². The Bertz CT molecular complexity index is 3240. The van der Waals surface area contributed by atoms with Crippen LogP contribution in [0.2, 0.25) is 0 Å². The van der Waals surface area contributed by atoms with Crippen LogP contribution in [-0.4, -0.2) is 30.7 Å². The summed E-state index contributed by atoms with van der Waals surface area (Å²) in [4.78, 5) is 5.34. The average Bonchev–Trinajstić information content (AvgIpc) is 1.69. The Balaban J connectivity index is 0.00000855. The molecule has 0 unspecified atom stereocenters. The minimum atomic E-state index is -0.122. The number of aromatic nitrogens is 2. The Labute approximate surface area is 532 Å². The minimum Gasteiger partial charge on any atom is -1.00 e. The molecule has 11 rings (SSSR count). The van der Waals surface area contributed by atoms with Crippen molar-refractivity contribution in [1.82, 2.24) is 4.57 Å². The molecule has 10 aromatic carbocycles. The standard InChI is InChI=1S/C83H87N4.ClH/c1-60(2)55-86(56-61(3)4)72-51-74(78(64-33-17-9-18-34-64)65-35-19-10-20-36-65)82(75(52-72)79(66-37-21-11-22-38-66)67-39-23-12-24-40-67)84-49-50-85(59-84)83-76(80(68-41-25-13-26-42-68)69-43-27-14-28-44-69)53-73(87(57-62(5)6)58-63(7)8)54-77(83)81(70-45-29-15-30-46-70)71-47-31-16-32-48-71;/h9-54,59-63,78-81H,55-58H2,1-8H3;1H/q+1;/p-1. The number of benzene rings is 10. The van der Waals surface area contributed by atoms with Crippen molar-refractivity contribution < 1.29 is 17.0 Å². The molecular formula is C83H87ClN4. The summed E-state index contributed by atoms with van der Waals surface area (Å²) >= 11 is 0. The molecule has 0 N–H and O–H groups in total. The third-order valence-corrected chi connectivity index (χ3v) is 16.8. The topological polar surface area (TPSA) is 15.3 Å². The maximum Gasteiger partial charge on any atom is 0.254 e. The normalized spacial score (nSPS) is 11.6. The van der Waals surface area contributed by atoms with E-state index in [0.717, 1.165) is 26.2 Å². The third kappa shape index (κ3) is 14.5. The fourth-order valence-electron chi connectivity index (χ4n) is 13.5. The molecule has 5 heteroatoms. The summed E-state index contributed by atoms with van der Waals surface area (Å²) in [5.74, 6) is 1.29. The molecule has 1 aromatic heterocycles. The van der Waals surface area contributed by atoms with Crippen LogP contribution in [0.15, 0.2) is 286 Å². The summed E-state index contributed by atoms with van der Waals surface area (Å²) in [6.07, 6.45) is 7.13. The number of halogens is 1. The molecule has 0 aliphatic rings. The maximum atomic E-state index is 2.67. The number of hydrogen-bond acceptors (Lipinski definition) is 2. The van der Waals surface area contributed by atoms with E-state index in [1.807, 2.05) is 0 Å². The summed E-state index contributed by atoms with van der Waals surface area (Å²) in [6.45, 7) is 22.6. The van der Waals surface area contributed by atoms with E-state index in [1.165, 1.54) is 89.5 Å². The van der Waals surface area contributed by atoms with Crippen LogP contribution in [0.1, 0.15) is 146 Å². The van der Waals surface area contributed by atoms with Gasteiger partial charge in [-0.25, -0.2) is 9.13 Å². The lowest BCUT2D eigenvalue weighted by Crippen LogP contribution is -3.00. The summed E-state index contributed by atoms with van der Waals surface area (Å²) in [5, 5.41) is 0. The Morgan fingerprint density at radius 3 is 0.750 bits per heavy atom. The first-order valence-electron chi connectivity index (χ1n) is 31.8. The molecule has 446 valence electrons. The second-order valence-electron chi connectivity index (χ2n) is 25.6. The molecule has 11 aromatic rings. The summed E-state index contributed by atoms with van der Waals surface area (Å²) < 4.78 is 4.99. The largest absolute Gasteiger partial charge is 1.00 e. The van der Waals surface area contributed by atoms with Crippen LogP contribution in [0.4, 0.5) is 11.4 Å². The molecule has 88 heavy (non-hydrogen) atoms. The van der Waals surface area contributed by atoms with Gasteiger partial charge in [0, 0.05) is 83.5 Å². The van der Waals surface area contributed by atoms with Crippen LogP contribution in [0, 0.1) is 23.7 Å². The Morgan fingerprint density at radius 2 is 0.523 bits per heavy atom. The maximum absolute atomic E-state index is 2.67. The highest BCUT2D eigenvalue weighted by atomic mass is 35.5.